The zero-order valence-corrected chi connectivity index (χ0v) is 8.44. The fourth-order valence-electron chi connectivity index (χ4n) is 2.13. The van der Waals surface area contributed by atoms with Crippen LogP contribution in [0.1, 0.15) is 23.5 Å². The van der Waals surface area contributed by atoms with Crippen molar-refractivity contribution in [1.29, 1.82) is 0 Å². The molecule has 66 valence electrons. The fourth-order valence-corrected chi connectivity index (χ4v) is 2.79. The average molecular weight is 211 g/mol. The van der Waals surface area contributed by atoms with Crippen LogP contribution < -0.4 is 0 Å². The lowest BCUT2D eigenvalue weighted by molar-refractivity contribution is 0.976. The summed E-state index contributed by atoms with van der Waals surface area (Å²) in [5.41, 5.74) is 2.51. The molecule has 2 aliphatic carbocycles. The molecule has 0 amide bonds. The third-order valence-corrected chi connectivity index (χ3v) is 3.90. The van der Waals surface area contributed by atoms with Gasteiger partial charge in [-0.25, -0.2) is 0 Å². The number of benzene rings is 1. The SMILES string of the molecule is ClC1=C(Cl)[C@H]2C[C@H]2c2ccccc21. The Morgan fingerprint density at radius 3 is 2.69 bits per heavy atom. The second-order valence-electron chi connectivity index (χ2n) is 3.70. The van der Waals surface area contributed by atoms with Crippen LogP contribution in [0.5, 0.6) is 0 Å². The van der Waals surface area contributed by atoms with Crippen molar-refractivity contribution in [3.63, 3.8) is 0 Å². The molecule has 0 radical (unpaired) electrons. The van der Waals surface area contributed by atoms with Gasteiger partial charge in [0.05, 0.1) is 5.03 Å². The quantitative estimate of drug-likeness (QED) is 0.609. The van der Waals surface area contributed by atoms with Crippen LogP contribution in [0.3, 0.4) is 0 Å². The number of hydrogen-bond acceptors (Lipinski definition) is 0. The lowest BCUT2D eigenvalue weighted by Gasteiger charge is -2.14. The Hall–Kier alpha value is -0.460. The van der Waals surface area contributed by atoms with Crippen molar-refractivity contribution in [1.82, 2.24) is 0 Å². The first kappa shape index (κ1) is 7.90. The summed E-state index contributed by atoms with van der Waals surface area (Å²) in [6.07, 6.45) is 1.17. The van der Waals surface area contributed by atoms with Crippen LogP contribution >= 0.6 is 23.2 Å². The molecule has 0 N–H and O–H groups in total. The molecular formula is C11H8Cl2. The maximum Gasteiger partial charge on any atom is 0.0629 e. The van der Waals surface area contributed by atoms with E-state index in [1.54, 1.807) is 0 Å². The van der Waals surface area contributed by atoms with Crippen molar-refractivity contribution in [2.45, 2.75) is 12.3 Å². The Balaban J connectivity index is 2.28. The normalized spacial score (nSPS) is 29.7. The van der Waals surface area contributed by atoms with Crippen molar-refractivity contribution in [3.05, 3.63) is 40.4 Å². The predicted octanol–water partition coefficient (Wildman–Crippen LogP) is 3.95. The molecule has 13 heavy (non-hydrogen) atoms. The third kappa shape index (κ3) is 0.992. The molecule has 1 saturated carbocycles. The molecule has 0 heterocycles. The van der Waals surface area contributed by atoms with E-state index >= 15 is 0 Å². The average Bonchev–Trinajstić information content (AvgIpc) is 2.94. The molecule has 1 aromatic carbocycles. The molecule has 0 unspecified atom stereocenters. The molecule has 2 atom stereocenters. The second-order valence-corrected chi connectivity index (χ2v) is 4.48. The molecule has 1 fully saturated rings. The molecule has 2 aliphatic rings. The van der Waals surface area contributed by atoms with Gasteiger partial charge in [0.25, 0.3) is 0 Å². The molecule has 0 nitrogen and oxygen atoms in total. The molecule has 0 bridgehead atoms. The molecular weight excluding hydrogens is 203 g/mol. The van der Waals surface area contributed by atoms with E-state index < -0.39 is 0 Å². The van der Waals surface area contributed by atoms with E-state index in [0.29, 0.717) is 11.8 Å². The van der Waals surface area contributed by atoms with Gasteiger partial charge in [0.2, 0.25) is 0 Å². The fraction of sp³-hybridized carbons (Fsp3) is 0.273. The van der Waals surface area contributed by atoms with Gasteiger partial charge >= 0.3 is 0 Å². The van der Waals surface area contributed by atoms with Crippen LogP contribution in [-0.2, 0) is 0 Å². The van der Waals surface area contributed by atoms with Gasteiger partial charge < -0.3 is 0 Å². The van der Waals surface area contributed by atoms with E-state index in [2.05, 4.69) is 18.2 Å². The minimum Gasteiger partial charge on any atom is -0.0872 e. The third-order valence-electron chi connectivity index (χ3n) is 2.92. The number of rotatable bonds is 0. The maximum atomic E-state index is 6.17. The molecule has 0 spiro atoms. The lowest BCUT2D eigenvalue weighted by Crippen LogP contribution is -1.97. The van der Waals surface area contributed by atoms with E-state index in [4.69, 9.17) is 23.2 Å². The summed E-state index contributed by atoms with van der Waals surface area (Å²) in [6, 6.07) is 8.28. The van der Waals surface area contributed by atoms with E-state index in [1.165, 1.54) is 12.0 Å². The Bertz CT molecular complexity index is 406. The van der Waals surface area contributed by atoms with E-state index in [9.17, 15) is 0 Å². The summed E-state index contributed by atoms with van der Waals surface area (Å²) in [6.45, 7) is 0. The van der Waals surface area contributed by atoms with Crippen molar-refractivity contribution in [2.24, 2.45) is 5.92 Å². The Kier molecular flexibility index (Phi) is 1.53. The first-order valence-corrected chi connectivity index (χ1v) is 5.19. The second kappa shape index (κ2) is 2.52. The number of halogens is 2. The summed E-state index contributed by atoms with van der Waals surface area (Å²) < 4.78 is 0. The van der Waals surface area contributed by atoms with Crippen molar-refractivity contribution < 1.29 is 0 Å². The lowest BCUT2D eigenvalue weighted by atomic mass is 9.97. The minimum atomic E-state index is 0.518. The predicted molar refractivity (Wildman–Crippen MR) is 55.9 cm³/mol. The maximum absolute atomic E-state index is 6.17. The largest absolute Gasteiger partial charge is 0.0872 e. The summed E-state index contributed by atoms with van der Waals surface area (Å²) in [4.78, 5) is 0. The van der Waals surface area contributed by atoms with Crippen LogP contribution in [0.4, 0.5) is 0 Å². The Labute approximate surface area is 87.2 Å². The van der Waals surface area contributed by atoms with Crippen LogP contribution in [0, 0.1) is 5.92 Å². The summed E-state index contributed by atoms with van der Waals surface area (Å²) in [5, 5.41) is 1.63. The summed E-state index contributed by atoms with van der Waals surface area (Å²) in [7, 11) is 0. The molecule has 0 aliphatic heterocycles. The van der Waals surface area contributed by atoms with Crippen molar-refractivity contribution in [3.8, 4) is 0 Å². The minimum absolute atomic E-state index is 0.518. The zero-order valence-electron chi connectivity index (χ0n) is 6.93. The van der Waals surface area contributed by atoms with Gasteiger partial charge in [-0.2, -0.15) is 0 Å². The van der Waals surface area contributed by atoms with Gasteiger partial charge in [-0.05, 0) is 23.5 Å². The molecule has 0 saturated heterocycles. The highest BCUT2D eigenvalue weighted by Crippen LogP contribution is 2.60. The molecule has 1 aromatic rings. The van der Waals surface area contributed by atoms with Crippen LogP contribution in [0.15, 0.2) is 29.3 Å². The van der Waals surface area contributed by atoms with Gasteiger partial charge in [-0.1, -0.05) is 47.5 Å². The van der Waals surface area contributed by atoms with E-state index in [0.717, 1.165) is 15.6 Å². The van der Waals surface area contributed by atoms with Gasteiger partial charge in [0.15, 0.2) is 0 Å². The van der Waals surface area contributed by atoms with E-state index in [-0.39, 0.29) is 0 Å². The number of fused-ring (bicyclic) bond motifs is 3. The first-order valence-electron chi connectivity index (χ1n) is 4.43. The van der Waals surface area contributed by atoms with Crippen LogP contribution in [-0.4, -0.2) is 0 Å². The first-order chi connectivity index (χ1) is 6.29. The van der Waals surface area contributed by atoms with Crippen molar-refractivity contribution in [2.75, 3.05) is 0 Å². The van der Waals surface area contributed by atoms with Crippen LogP contribution in [0.25, 0.3) is 5.03 Å². The summed E-state index contributed by atoms with van der Waals surface area (Å²) in [5.74, 6) is 1.16. The highest BCUT2D eigenvalue weighted by molar-refractivity contribution is 6.55. The Morgan fingerprint density at radius 1 is 1.08 bits per heavy atom. The molecule has 3 rings (SSSR count). The van der Waals surface area contributed by atoms with Gasteiger partial charge in [0, 0.05) is 11.0 Å². The van der Waals surface area contributed by atoms with E-state index in [1.807, 2.05) is 6.07 Å². The zero-order chi connectivity index (χ0) is 9.00. The number of allylic oxidation sites excluding steroid dienone is 1. The van der Waals surface area contributed by atoms with Gasteiger partial charge in [0.1, 0.15) is 0 Å². The van der Waals surface area contributed by atoms with Gasteiger partial charge in [-0.15, -0.1) is 0 Å². The monoisotopic (exact) mass is 210 g/mol. The molecule has 2 heteroatoms. The summed E-state index contributed by atoms with van der Waals surface area (Å²) >= 11 is 12.3. The van der Waals surface area contributed by atoms with Crippen LogP contribution in [0.2, 0.25) is 0 Å². The molecule has 0 aromatic heterocycles. The topological polar surface area (TPSA) is 0 Å². The number of hydrogen-bond donors (Lipinski definition) is 0. The highest BCUT2D eigenvalue weighted by Gasteiger charge is 2.45. The smallest absolute Gasteiger partial charge is 0.0629 e. The standard InChI is InChI=1S/C11H8Cl2/c12-10-7-4-2-1-3-6(7)8-5-9(8)11(10)13/h1-4,8-9H,5H2/t8-,9-/m0/s1. The Morgan fingerprint density at radius 2 is 1.85 bits per heavy atom. The van der Waals surface area contributed by atoms with Crippen molar-refractivity contribution >= 4 is 28.2 Å². The highest BCUT2D eigenvalue weighted by atomic mass is 35.5. The van der Waals surface area contributed by atoms with Gasteiger partial charge in [-0.3, -0.25) is 0 Å².